The summed E-state index contributed by atoms with van der Waals surface area (Å²) in [7, 11) is 4.16. The van der Waals surface area contributed by atoms with Gasteiger partial charge in [0.25, 0.3) is 5.91 Å². The Morgan fingerprint density at radius 3 is 2.31 bits per heavy atom. The molecular weight excluding hydrogens is 376 g/mol. The Bertz CT molecular complexity index is 703. The zero-order chi connectivity index (χ0) is 21.4. The Hall–Kier alpha value is -2.61. The van der Waals surface area contributed by atoms with Crippen molar-refractivity contribution in [2.24, 2.45) is 0 Å². The molecule has 1 aliphatic carbocycles. The van der Waals surface area contributed by atoms with Crippen molar-refractivity contribution in [1.82, 2.24) is 9.80 Å². The number of carbonyl (C=O) groups is 3. The molecule has 3 rings (SSSR count). The van der Waals surface area contributed by atoms with Crippen LogP contribution in [0.2, 0.25) is 0 Å². The highest BCUT2D eigenvalue weighted by molar-refractivity contribution is 6.27. The van der Waals surface area contributed by atoms with Gasteiger partial charge in [-0.05, 0) is 45.5 Å². The highest BCUT2D eigenvalue weighted by Crippen LogP contribution is 2.30. The first-order valence-electron chi connectivity index (χ1n) is 9.97. The molecular formula is C21H30N2O6. The van der Waals surface area contributed by atoms with Crippen LogP contribution in [-0.4, -0.2) is 77.2 Å². The molecule has 1 aromatic rings. The number of hydrogen-bond donors (Lipinski definition) is 2. The van der Waals surface area contributed by atoms with Gasteiger partial charge in [0.2, 0.25) is 0 Å². The van der Waals surface area contributed by atoms with Gasteiger partial charge in [-0.3, -0.25) is 4.79 Å². The van der Waals surface area contributed by atoms with Gasteiger partial charge in [-0.1, -0.05) is 31.4 Å². The van der Waals surface area contributed by atoms with E-state index in [2.05, 4.69) is 23.9 Å². The first-order chi connectivity index (χ1) is 13.8. The maximum atomic E-state index is 13.1. The Kier molecular flexibility index (Phi) is 8.45. The molecule has 1 amide bonds. The van der Waals surface area contributed by atoms with E-state index in [0.717, 1.165) is 37.1 Å². The van der Waals surface area contributed by atoms with Crippen molar-refractivity contribution in [2.45, 2.75) is 50.7 Å². The summed E-state index contributed by atoms with van der Waals surface area (Å²) < 4.78 is 6.21. The van der Waals surface area contributed by atoms with E-state index in [1.54, 1.807) is 0 Å². The van der Waals surface area contributed by atoms with Gasteiger partial charge in [0.1, 0.15) is 11.9 Å². The summed E-state index contributed by atoms with van der Waals surface area (Å²) in [5.41, 5.74) is 0.727. The van der Waals surface area contributed by atoms with Gasteiger partial charge in [0.15, 0.2) is 0 Å². The molecule has 1 heterocycles. The lowest BCUT2D eigenvalue weighted by atomic mass is 9.93. The maximum absolute atomic E-state index is 13.1. The minimum atomic E-state index is -1.82. The number of benzene rings is 1. The standard InChI is InChI=1S/C19H28N2O2.C2H2O4/c1-20(2)13-12-16-14-21(15-8-4-3-5-9-15)19(22)17-10-6-7-11-18(17)23-16;3-1(4)2(5)6/h6-7,10-11,15-16H,3-5,8-9,12-14H2,1-2H3;(H,3,4)(H,5,6). The lowest BCUT2D eigenvalue weighted by Crippen LogP contribution is -2.45. The molecule has 1 atom stereocenters. The van der Waals surface area contributed by atoms with Crippen LogP contribution in [-0.2, 0) is 9.59 Å². The zero-order valence-electron chi connectivity index (χ0n) is 17.0. The van der Waals surface area contributed by atoms with Crippen LogP contribution in [0.25, 0.3) is 0 Å². The molecule has 0 bridgehead atoms. The number of carbonyl (C=O) groups excluding carboxylic acids is 1. The summed E-state index contributed by atoms with van der Waals surface area (Å²) in [6.45, 7) is 1.69. The first kappa shape index (κ1) is 22.7. The number of para-hydroxylation sites is 1. The van der Waals surface area contributed by atoms with Crippen molar-refractivity contribution in [3.05, 3.63) is 29.8 Å². The third kappa shape index (κ3) is 6.74. The van der Waals surface area contributed by atoms with E-state index < -0.39 is 11.9 Å². The van der Waals surface area contributed by atoms with Gasteiger partial charge in [0.05, 0.1) is 12.1 Å². The molecule has 8 heteroatoms. The number of amides is 1. The molecule has 1 saturated carbocycles. The summed E-state index contributed by atoms with van der Waals surface area (Å²) >= 11 is 0. The number of carboxylic acids is 2. The molecule has 0 spiro atoms. The van der Waals surface area contributed by atoms with Gasteiger partial charge >= 0.3 is 11.9 Å². The molecule has 0 radical (unpaired) electrons. The fourth-order valence-electron chi connectivity index (χ4n) is 3.68. The van der Waals surface area contributed by atoms with Crippen LogP contribution in [0, 0.1) is 0 Å². The fraction of sp³-hybridized carbons (Fsp3) is 0.571. The average Bonchev–Trinajstić information content (AvgIpc) is 2.84. The van der Waals surface area contributed by atoms with E-state index in [0.29, 0.717) is 12.6 Å². The molecule has 1 fully saturated rings. The van der Waals surface area contributed by atoms with Crippen LogP contribution in [0.4, 0.5) is 0 Å². The van der Waals surface area contributed by atoms with Crippen molar-refractivity contribution >= 4 is 17.8 Å². The van der Waals surface area contributed by atoms with Crippen molar-refractivity contribution in [3.63, 3.8) is 0 Å². The zero-order valence-corrected chi connectivity index (χ0v) is 17.0. The normalized spacial score (nSPS) is 19.5. The lowest BCUT2D eigenvalue weighted by Gasteiger charge is -2.35. The molecule has 2 N–H and O–H groups in total. The van der Waals surface area contributed by atoms with Crippen LogP contribution < -0.4 is 4.74 Å². The first-order valence-corrected chi connectivity index (χ1v) is 9.97. The van der Waals surface area contributed by atoms with Gasteiger partial charge in [0, 0.05) is 12.6 Å². The number of rotatable bonds is 4. The van der Waals surface area contributed by atoms with E-state index >= 15 is 0 Å². The highest BCUT2D eigenvalue weighted by atomic mass is 16.5. The van der Waals surface area contributed by atoms with Crippen molar-refractivity contribution < 1.29 is 29.3 Å². The molecule has 1 aliphatic heterocycles. The van der Waals surface area contributed by atoms with Gasteiger partial charge in [-0.25, -0.2) is 9.59 Å². The predicted molar refractivity (Wildman–Crippen MR) is 107 cm³/mol. The minimum absolute atomic E-state index is 0.0759. The molecule has 0 saturated heterocycles. The van der Waals surface area contributed by atoms with Gasteiger partial charge in [-0.2, -0.15) is 0 Å². The number of aliphatic carboxylic acids is 2. The smallest absolute Gasteiger partial charge is 0.414 e. The third-order valence-corrected chi connectivity index (χ3v) is 5.17. The number of hydrogen-bond acceptors (Lipinski definition) is 5. The predicted octanol–water partition coefficient (Wildman–Crippen LogP) is 2.33. The van der Waals surface area contributed by atoms with E-state index in [-0.39, 0.29) is 12.0 Å². The quantitative estimate of drug-likeness (QED) is 0.739. The molecule has 2 aliphatic rings. The second kappa shape index (κ2) is 10.8. The van der Waals surface area contributed by atoms with E-state index in [4.69, 9.17) is 24.5 Å². The highest BCUT2D eigenvalue weighted by Gasteiger charge is 2.33. The molecule has 8 nitrogen and oxygen atoms in total. The maximum Gasteiger partial charge on any atom is 0.414 e. The summed E-state index contributed by atoms with van der Waals surface area (Å²) in [6, 6.07) is 8.10. The van der Waals surface area contributed by atoms with Crippen molar-refractivity contribution in [2.75, 3.05) is 27.2 Å². The second-order valence-corrected chi connectivity index (χ2v) is 7.69. The topological polar surface area (TPSA) is 107 Å². The molecule has 1 unspecified atom stereocenters. The number of nitrogens with zero attached hydrogens (tertiary/aromatic N) is 2. The Balaban J connectivity index is 0.000000438. The van der Waals surface area contributed by atoms with Gasteiger partial charge in [-0.15, -0.1) is 0 Å². The Labute approximate surface area is 171 Å². The Morgan fingerprint density at radius 1 is 1.10 bits per heavy atom. The molecule has 160 valence electrons. The number of ether oxygens (including phenoxy) is 1. The monoisotopic (exact) mass is 406 g/mol. The lowest BCUT2D eigenvalue weighted by molar-refractivity contribution is -0.159. The van der Waals surface area contributed by atoms with Gasteiger partial charge < -0.3 is 24.7 Å². The van der Waals surface area contributed by atoms with Crippen LogP contribution in [0.3, 0.4) is 0 Å². The largest absolute Gasteiger partial charge is 0.488 e. The summed E-state index contributed by atoms with van der Waals surface area (Å²) in [5, 5.41) is 14.8. The molecule has 29 heavy (non-hydrogen) atoms. The fourth-order valence-corrected chi connectivity index (χ4v) is 3.68. The van der Waals surface area contributed by atoms with Crippen LogP contribution in [0.5, 0.6) is 5.75 Å². The average molecular weight is 406 g/mol. The second-order valence-electron chi connectivity index (χ2n) is 7.69. The number of carboxylic acid groups (broad SMARTS) is 2. The summed E-state index contributed by atoms with van der Waals surface area (Å²) in [6.07, 6.45) is 7.06. The number of fused-ring (bicyclic) bond motifs is 1. The third-order valence-electron chi connectivity index (χ3n) is 5.17. The molecule has 1 aromatic carbocycles. The van der Waals surface area contributed by atoms with E-state index in [1.165, 1.54) is 19.3 Å². The SMILES string of the molecule is CN(C)CCC1CN(C2CCCCC2)C(=O)c2ccccc2O1.O=C(O)C(=O)O. The summed E-state index contributed by atoms with van der Waals surface area (Å²) in [5.74, 6) is -2.75. The van der Waals surface area contributed by atoms with Crippen LogP contribution >= 0.6 is 0 Å². The van der Waals surface area contributed by atoms with E-state index in [1.807, 2.05) is 24.3 Å². The Morgan fingerprint density at radius 2 is 1.72 bits per heavy atom. The van der Waals surface area contributed by atoms with Crippen molar-refractivity contribution in [3.8, 4) is 5.75 Å². The van der Waals surface area contributed by atoms with Crippen LogP contribution in [0.15, 0.2) is 24.3 Å². The molecule has 0 aromatic heterocycles. The minimum Gasteiger partial charge on any atom is -0.488 e. The van der Waals surface area contributed by atoms with Crippen LogP contribution in [0.1, 0.15) is 48.9 Å². The summed E-state index contributed by atoms with van der Waals surface area (Å²) in [4.78, 5) is 35.5. The van der Waals surface area contributed by atoms with E-state index in [9.17, 15) is 4.79 Å². The van der Waals surface area contributed by atoms with Crippen molar-refractivity contribution in [1.29, 1.82) is 0 Å².